The van der Waals surface area contributed by atoms with Crippen LogP contribution in [0.3, 0.4) is 0 Å². The maximum absolute atomic E-state index is 9.45. The van der Waals surface area contributed by atoms with E-state index in [9.17, 15) is 5.11 Å². The van der Waals surface area contributed by atoms with Gasteiger partial charge in [-0.25, -0.2) is 0 Å². The van der Waals surface area contributed by atoms with Gasteiger partial charge in [-0.1, -0.05) is 6.92 Å². The van der Waals surface area contributed by atoms with E-state index in [0.29, 0.717) is 19.5 Å². The molecule has 0 fully saturated rings. The van der Waals surface area contributed by atoms with Gasteiger partial charge in [-0.05, 0) is 45.2 Å². The number of aliphatic imine (C=N–C) groups is 1. The molecule has 94 valence electrons. The largest absolute Gasteiger partial charge is 0.379 e. The van der Waals surface area contributed by atoms with Crippen molar-refractivity contribution in [2.45, 2.75) is 46.3 Å². The van der Waals surface area contributed by atoms with Crippen LogP contribution in [-0.4, -0.2) is 30.6 Å². The van der Waals surface area contributed by atoms with E-state index in [1.54, 1.807) is 6.21 Å². The summed E-state index contributed by atoms with van der Waals surface area (Å²) in [6, 6.07) is 0. The van der Waals surface area contributed by atoms with E-state index < -0.39 is 6.23 Å². The maximum atomic E-state index is 9.45. The minimum Gasteiger partial charge on any atom is -0.379 e. The molecule has 4 nitrogen and oxygen atoms in total. The van der Waals surface area contributed by atoms with E-state index >= 15 is 0 Å². The van der Waals surface area contributed by atoms with Crippen molar-refractivity contribution in [2.75, 3.05) is 13.1 Å². The van der Waals surface area contributed by atoms with Crippen molar-refractivity contribution in [2.24, 2.45) is 10.7 Å². The number of aliphatic hydroxyl groups is 1. The fraction of sp³-hybridized carbons (Fsp3) is 0.750. The fourth-order valence-electron chi connectivity index (χ4n) is 1.38. The van der Waals surface area contributed by atoms with Crippen LogP contribution < -0.4 is 11.1 Å². The third-order valence-corrected chi connectivity index (χ3v) is 2.45. The molecule has 1 atom stereocenters. The summed E-state index contributed by atoms with van der Waals surface area (Å²) in [6.45, 7) is 7.20. The van der Waals surface area contributed by atoms with Gasteiger partial charge in [-0.3, -0.25) is 10.3 Å². The van der Waals surface area contributed by atoms with E-state index in [0.717, 1.165) is 18.5 Å². The molecule has 0 aliphatic rings. The molecule has 0 aromatic heterocycles. The van der Waals surface area contributed by atoms with Crippen LogP contribution >= 0.6 is 0 Å². The minimum atomic E-state index is -0.439. The Balaban J connectivity index is 4.36. The Morgan fingerprint density at radius 2 is 2.25 bits per heavy atom. The van der Waals surface area contributed by atoms with Gasteiger partial charge in [0.2, 0.25) is 0 Å². The van der Waals surface area contributed by atoms with Crippen molar-refractivity contribution < 1.29 is 5.11 Å². The van der Waals surface area contributed by atoms with Gasteiger partial charge in [0.05, 0.1) is 0 Å². The number of nitrogens with one attached hydrogen (secondary N) is 1. The Kier molecular flexibility index (Phi) is 9.09. The second-order valence-electron chi connectivity index (χ2n) is 3.77. The molecule has 1 unspecified atom stereocenters. The number of aliphatic hydroxyl groups excluding tert-OH is 1. The SMILES string of the molecule is CC=N/C(C)=C(/CCCN)CNC(O)CC. The lowest BCUT2D eigenvalue weighted by molar-refractivity contribution is 0.136. The second kappa shape index (κ2) is 9.51. The molecule has 4 heteroatoms. The van der Waals surface area contributed by atoms with Crippen LogP contribution in [-0.2, 0) is 0 Å². The minimum absolute atomic E-state index is 0.439. The lowest BCUT2D eigenvalue weighted by atomic mass is 10.1. The Morgan fingerprint density at radius 3 is 2.75 bits per heavy atom. The zero-order valence-electron chi connectivity index (χ0n) is 10.7. The van der Waals surface area contributed by atoms with Crippen LogP contribution in [0.4, 0.5) is 0 Å². The van der Waals surface area contributed by atoms with Gasteiger partial charge in [0.1, 0.15) is 6.23 Å². The van der Waals surface area contributed by atoms with Crippen LogP contribution in [0.5, 0.6) is 0 Å². The smallest absolute Gasteiger partial charge is 0.104 e. The normalized spacial score (nSPS) is 15.3. The summed E-state index contributed by atoms with van der Waals surface area (Å²) in [7, 11) is 0. The van der Waals surface area contributed by atoms with Crippen molar-refractivity contribution in [3.63, 3.8) is 0 Å². The van der Waals surface area contributed by atoms with E-state index in [4.69, 9.17) is 5.73 Å². The summed E-state index contributed by atoms with van der Waals surface area (Å²) >= 11 is 0. The summed E-state index contributed by atoms with van der Waals surface area (Å²) in [5.41, 5.74) is 7.74. The highest BCUT2D eigenvalue weighted by Crippen LogP contribution is 2.11. The zero-order valence-corrected chi connectivity index (χ0v) is 10.7. The molecule has 0 saturated carbocycles. The van der Waals surface area contributed by atoms with Gasteiger partial charge in [0.15, 0.2) is 0 Å². The maximum Gasteiger partial charge on any atom is 0.104 e. The summed E-state index contributed by atoms with van der Waals surface area (Å²) in [5.74, 6) is 0. The Labute approximate surface area is 98.6 Å². The van der Waals surface area contributed by atoms with Crippen LogP contribution in [0.1, 0.15) is 40.0 Å². The lowest BCUT2D eigenvalue weighted by Gasteiger charge is -2.14. The monoisotopic (exact) mass is 227 g/mol. The molecule has 0 bridgehead atoms. The first-order valence-corrected chi connectivity index (χ1v) is 5.94. The predicted molar refractivity (Wildman–Crippen MR) is 69.5 cm³/mol. The zero-order chi connectivity index (χ0) is 12.4. The Hall–Kier alpha value is -0.710. The van der Waals surface area contributed by atoms with Crippen molar-refractivity contribution in [1.29, 1.82) is 0 Å². The van der Waals surface area contributed by atoms with Gasteiger partial charge in [-0.15, -0.1) is 0 Å². The molecule has 0 radical (unpaired) electrons. The van der Waals surface area contributed by atoms with E-state index in [2.05, 4.69) is 10.3 Å². The first-order chi connectivity index (χ1) is 7.65. The van der Waals surface area contributed by atoms with Gasteiger partial charge in [0.25, 0.3) is 0 Å². The molecular weight excluding hydrogens is 202 g/mol. The number of nitrogens with two attached hydrogens (primary N) is 1. The summed E-state index contributed by atoms with van der Waals surface area (Å²) in [5, 5.41) is 12.5. The molecule has 0 heterocycles. The summed E-state index contributed by atoms with van der Waals surface area (Å²) < 4.78 is 0. The van der Waals surface area contributed by atoms with Gasteiger partial charge < -0.3 is 10.8 Å². The second-order valence-corrected chi connectivity index (χ2v) is 3.77. The molecule has 16 heavy (non-hydrogen) atoms. The van der Waals surface area contributed by atoms with Crippen molar-refractivity contribution in [3.8, 4) is 0 Å². The number of nitrogens with zero attached hydrogens (tertiary/aromatic N) is 1. The summed E-state index contributed by atoms with van der Waals surface area (Å²) in [4.78, 5) is 4.27. The quantitative estimate of drug-likeness (QED) is 0.434. The van der Waals surface area contributed by atoms with E-state index in [1.165, 1.54) is 5.57 Å². The molecule has 0 aliphatic heterocycles. The van der Waals surface area contributed by atoms with Gasteiger partial charge >= 0.3 is 0 Å². The molecule has 0 aromatic rings. The van der Waals surface area contributed by atoms with Gasteiger partial charge in [-0.2, -0.15) is 0 Å². The predicted octanol–water partition coefficient (Wildman–Crippen LogP) is 1.41. The standard InChI is InChI=1S/C12H25N3O/c1-4-12(16)15-9-11(7-6-8-13)10(3)14-5-2/h5,12,15-16H,4,6-9,13H2,1-3H3/b11-10-,14-5?. The first-order valence-electron chi connectivity index (χ1n) is 5.94. The van der Waals surface area contributed by atoms with E-state index in [-0.39, 0.29) is 0 Å². The molecule has 0 aromatic carbocycles. The summed E-state index contributed by atoms with van der Waals surface area (Å²) in [6.07, 6.45) is 3.94. The number of hydrogen-bond donors (Lipinski definition) is 3. The van der Waals surface area contributed by atoms with Crippen LogP contribution in [0, 0.1) is 0 Å². The van der Waals surface area contributed by atoms with Crippen molar-refractivity contribution in [3.05, 3.63) is 11.3 Å². The lowest BCUT2D eigenvalue weighted by Crippen LogP contribution is -2.30. The van der Waals surface area contributed by atoms with Crippen LogP contribution in [0.2, 0.25) is 0 Å². The molecule has 0 spiro atoms. The van der Waals surface area contributed by atoms with Crippen molar-refractivity contribution in [1.82, 2.24) is 5.32 Å². The highest BCUT2D eigenvalue weighted by molar-refractivity contribution is 5.55. The molecule has 0 aliphatic carbocycles. The van der Waals surface area contributed by atoms with Crippen molar-refractivity contribution >= 4 is 6.21 Å². The molecule has 0 saturated heterocycles. The molecule has 0 rings (SSSR count). The van der Waals surface area contributed by atoms with Crippen LogP contribution in [0.15, 0.2) is 16.3 Å². The third-order valence-electron chi connectivity index (χ3n) is 2.45. The van der Waals surface area contributed by atoms with Gasteiger partial charge in [0, 0.05) is 18.5 Å². The average Bonchev–Trinajstić information content (AvgIpc) is 2.29. The highest BCUT2D eigenvalue weighted by Gasteiger charge is 2.05. The van der Waals surface area contributed by atoms with E-state index in [1.807, 2.05) is 20.8 Å². The fourth-order valence-corrected chi connectivity index (χ4v) is 1.38. The number of hydrogen-bond acceptors (Lipinski definition) is 4. The molecule has 0 amide bonds. The number of allylic oxidation sites excluding steroid dienone is 1. The molecular formula is C12H25N3O. The Bertz CT molecular complexity index is 236. The topological polar surface area (TPSA) is 70.6 Å². The average molecular weight is 227 g/mol. The van der Waals surface area contributed by atoms with Crippen LogP contribution in [0.25, 0.3) is 0 Å². The third kappa shape index (κ3) is 6.71. The number of rotatable bonds is 8. The first kappa shape index (κ1) is 15.3. The Morgan fingerprint density at radius 1 is 1.56 bits per heavy atom. The highest BCUT2D eigenvalue weighted by atomic mass is 16.3. The molecule has 4 N–H and O–H groups in total.